The number of furan rings is 1. The molecule has 2 heteroatoms. The Morgan fingerprint density at radius 3 is 1.52 bits per heavy atom. The van der Waals surface area contributed by atoms with Gasteiger partial charge in [-0.15, -0.1) is 0 Å². The van der Waals surface area contributed by atoms with Gasteiger partial charge in [0.25, 0.3) is 0 Å². The lowest BCUT2D eigenvalue weighted by atomic mass is 9.95. The van der Waals surface area contributed by atoms with E-state index in [9.17, 15) is 0 Å². The fourth-order valence-corrected chi connectivity index (χ4v) is 6.90. The zero-order valence-corrected chi connectivity index (χ0v) is 25.1. The van der Waals surface area contributed by atoms with Gasteiger partial charge in [-0.2, -0.15) is 0 Å². The topological polar surface area (TPSA) is 18.1 Å². The first-order valence-electron chi connectivity index (χ1n) is 15.7. The highest BCUT2D eigenvalue weighted by Gasteiger charge is 2.21. The van der Waals surface area contributed by atoms with E-state index < -0.39 is 0 Å². The molecule has 2 aromatic heterocycles. The molecule has 0 amide bonds. The molecule has 46 heavy (non-hydrogen) atoms. The van der Waals surface area contributed by atoms with Gasteiger partial charge < -0.3 is 8.98 Å². The Bertz CT molecular complexity index is 2460. The van der Waals surface area contributed by atoms with E-state index in [1.165, 1.54) is 32.9 Å². The number of nitrogens with zero attached hydrogens (tertiary/aromatic N) is 1. The quantitative estimate of drug-likeness (QED) is 0.196. The average molecular weight is 588 g/mol. The van der Waals surface area contributed by atoms with E-state index in [0.717, 1.165) is 50.2 Å². The Labute approximate surface area is 267 Å². The van der Waals surface area contributed by atoms with E-state index in [1.807, 2.05) is 0 Å². The van der Waals surface area contributed by atoms with Gasteiger partial charge in [-0.05, 0) is 58.7 Å². The first kappa shape index (κ1) is 26.3. The lowest BCUT2D eigenvalue weighted by Gasteiger charge is -2.14. The normalized spacial score (nSPS) is 11.5. The Balaban J connectivity index is 1.27. The van der Waals surface area contributed by atoms with Crippen LogP contribution in [0.15, 0.2) is 180 Å². The van der Waals surface area contributed by atoms with Crippen molar-refractivity contribution in [3.8, 4) is 50.6 Å². The Hall–Kier alpha value is -6.12. The molecule has 0 atom stereocenters. The third-order valence-corrected chi connectivity index (χ3v) is 9.02. The largest absolute Gasteiger partial charge is 0.455 e. The minimum Gasteiger partial charge on any atom is -0.455 e. The molecule has 0 saturated carbocycles. The van der Waals surface area contributed by atoms with Crippen molar-refractivity contribution in [1.29, 1.82) is 0 Å². The summed E-state index contributed by atoms with van der Waals surface area (Å²) < 4.78 is 9.33. The van der Waals surface area contributed by atoms with Crippen molar-refractivity contribution < 1.29 is 4.42 Å². The van der Waals surface area contributed by atoms with Crippen LogP contribution in [-0.4, -0.2) is 4.57 Å². The second-order valence-electron chi connectivity index (χ2n) is 11.7. The molecule has 0 unspecified atom stereocenters. The molecule has 2 heterocycles. The highest BCUT2D eigenvalue weighted by atomic mass is 16.3. The van der Waals surface area contributed by atoms with Gasteiger partial charge >= 0.3 is 0 Å². The lowest BCUT2D eigenvalue weighted by molar-refractivity contribution is 0.602. The van der Waals surface area contributed by atoms with Crippen molar-refractivity contribution >= 4 is 32.6 Å². The van der Waals surface area contributed by atoms with Crippen LogP contribution in [0.4, 0.5) is 0 Å². The third-order valence-electron chi connectivity index (χ3n) is 9.02. The van der Waals surface area contributed by atoms with E-state index in [2.05, 4.69) is 180 Å². The standard InChI is InChI=1S/C44H29NO/c1-3-14-30(15-4-1)32-18-13-19-33(28-32)43-37-22-7-8-23-38(37)44(46-43)39-27-26-34(29-40(39)31-16-5-2-6-17-31)45-41-24-11-9-20-35(41)36-21-10-12-25-42(36)45/h1-29H. The second kappa shape index (κ2) is 10.8. The van der Waals surface area contributed by atoms with Gasteiger partial charge in [-0.1, -0.05) is 140 Å². The van der Waals surface area contributed by atoms with Gasteiger partial charge in [0.15, 0.2) is 0 Å². The van der Waals surface area contributed by atoms with Crippen molar-refractivity contribution in [2.24, 2.45) is 0 Å². The number of para-hydroxylation sites is 2. The molecule has 0 aliphatic rings. The molecule has 7 aromatic carbocycles. The molecule has 0 spiro atoms. The van der Waals surface area contributed by atoms with Crippen LogP contribution in [-0.2, 0) is 0 Å². The zero-order valence-electron chi connectivity index (χ0n) is 25.1. The highest BCUT2D eigenvalue weighted by molar-refractivity contribution is 6.10. The van der Waals surface area contributed by atoms with Gasteiger partial charge in [0.05, 0.1) is 11.0 Å². The van der Waals surface area contributed by atoms with Gasteiger partial charge in [0, 0.05) is 38.4 Å². The van der Waals surface area contributed by atoms with Crippen LogP contribution < -0.4 is 0 Å². The fraction of sp³-hybridized carbons (Fsp3) is 0. The monoisotopic (exact) mass is 587 g/mol. The molecule has 0 aliphatic heterocycles. The van der Waals surface area contributed by atoms with Crippen molar-refractivity contribution in [2.75, 3.05) is 0 Å². The summed E-state index contributed by atoms with van der Waals surface area (Å²) in [5.41, 5.74) is 10.3. The predicted molar refractivity (Wildman–Crippen MR) is 192 cm³/mol. The van der Waals surface area contributed by atoms with Crippen molar-refractivity contribution in [1.82, 2.24) is 4.57 Å². The van der Waals surface area contributed by atoms with Crippen molar-refractivity contribution in [2.45, 2.75) is 0 Å². The van der Waals surface area contributed by atoms with E-state index in [0.29, 0.717) is 0 Å². The van der Waals surface area contributed by atoms with Crippen molar-refractivity contribution in [3.63, 3.8) is 0 Å². The first-order valence-corrected chi connectivity index (χ1v) is 15.7. The maximum absolute atomic E-state index is 6.95. The molecule has 2 nitrogen and oxygen atoms in total. The Morgan fingerprint density at radius 2 is 0.848 bits per heavy atom. The van der Waals surface area contributed by atoms with Crippen LogP contribution in [0.2, 0.25) is 0 Å². The van der Waals surface area contributed by atoms with Gasteiger partial charge in [0.2, 0.25) is 0 Å². The molecular weight excluding hydrogens is 558 g/mol. The SMILES string of the molecule is c1ccc(-c2cccc(-c3oc(-c4ccc(-n5c6ccccc6c6ccccc65)cc4-c4ccccc4)c4ccccc34)c2)cc1. The minimum atomic E-state index is 0.878. The number of benzene rings is 7. The third kappa shape index (κ3) is 4.27. The number of hydrogen-bond acceptors (Lipinski definition) is 1. The molecule has 0 bridgehead atoms. The van der Waals surface area contributed by atoms with Crippen LogP contribution in [0, 0.1) is 0 Å². The van der Waals surface area contributed by atoms with Crippen LogP contribution in [0.3, 0.4) is 0 Å². The van der Waals surface area contributed by atoms with Crippen LogP contribution in [0.25, 0.3) is 83.2 Å². The number of aromatic nitrogens is 1. The summed E-state index contributed by atoms with van der Waals surface area (Å²) >= 11 is 0. The molecule has 0 fully saturated rings. The predicted octanol–water partition coefficient (Wildman–Crippen LogP) is 12.2. The van der Waals surface area contributed by atoms with E-state index in [-0.39, 0.29) is 0 Å². The molecule has 216 valence electrons. The van der Waals surface area contributed by atoms with Crippen molar-refractivity contribution in [3.05, 3.63) is 176 Å². The van der Waals surface area contributed by atoms with Crippen LogP contribution in [0.1, 0.15) is 0 Å². The summed E-state index contributed by atoms with van der Waals surface area (Å²) in [6.07, 6.45) is 0. The summed E-state index contributed by atoms with van der Waals surface area (Å²) in [5, 5.41) is 4.71. The summed E-state index contributed by atoms with van der Waals surface area (Å²) in [5.74, 6) is 1.76. The summed E-state index contributed by atoms with van der Waals surface area (Å²) in [7, 11) is 0. The van der Waals surface area contributed by atoms with Gasteiger partial charge in [-0.3, -0.25) is 0 Å². The fourth-order valence-electron chi connectivity index (χ4n) is 6.90. The second-order valence-corrected chi connectivity index (χ2v) is 11.7. The maximum atomic E-state index is 6.95. The minimum absolute atomic E-state index is 0.878. The number of rotatable bonds is 5. The smallest absolute Gasteiger partial charge is 0.143 e. The number of hydrogen-bond donors (Lipinski definition) is 0. The Kier molecular flexibility index (Phi) is 6.17. The molecule has 0 N–H and O–H groups in total. The molecule has 9 rings (SSSR count). The number of fused-ring (bicyclic) bond motifs is 4. The molecule has 0 aliphatic carbocycles. The summed E-state index contributed by atoms with van der Waals surface area (Å²) in [6.45, 7) is 0. The molecular formula is C44H29NO. The lowest BCUT2D eigenvalue weighted by Crippen LogP contribution is -1.95. The zero-order chi connectivity index (χ0) is 30.5. The van der Waals surface area contributed by atoms with E-state index in [1.54, 1.807) is 0 Å². The molecule has 0 radical (unpaired) electrons. The summed E-state index contributed by atoms with van der Waals surface area (Å²) in [6, 6.07) is 62.4. The van der Waals surface area contributed by atoms with E-state index >= 15 is 0 Å². The average Bonchev–Trinajstić information content (AvgIpc) is 3.69. The van der Waals surface area contributed by atoms with Gasteiger partial charge in [-0.25, -0.2) is 0 Å². The molecule has 0 saturated heterocycles. The van der Waals surface area contributed by atoms with Crippen LogP contribution in [0.5, 0.6) is 0 Å². The first-order chi connectivity index (χ1) is 22.8. The van der Waals surface area contributed by atoms with Crippen LogP contribution >= 0.6 is 0 Å². The molecule has 9 aromatic rings. The maximum Gasteiger partial charge on any atom is 0.143 e. The van der Waals surface area contributed by atoms with E-state index in [4.69, 9.17) is 4.42 Å². The summed E-state index contributed by atoms with van der Waals surface area (Å²) in [4.78, 5) is 0. The highest BCUT2D eigenvalue weighted by Crippen LogP contribution is 2.44. The Morgan fingerprint density at radius 1 is 0.326 bits per heavy atom. The van der Waals surface area contributed by atoms with Gasteiger partial charge in [0.1, 0.15) is 11.5 Å².